The summed E-state index contributed by atoms with van der Waals surface area (Å²) in [4.78, 5) is 4.28. The predicted molar refractivity (Wildman–Crippen MR) is 102 cm³/mol. The molecule has 1 aliphatic carbocycles. The number of aliphatic imine (C=N–C) groups is 1. The molecule has 0 aromatic heterocycles. The van der Waals surface area contributed by atoms with Gasteiger partial charge in [0.1, 0.15) is 0 Å². The Balaban J connectivity index is 0.00000220. The van der Waals surface area contributed by atoms with E-state index in [2.05, 4.69) is 52.9 Å². The summed E-state index contributed by atoms with van der Waals surface area (Å²) in [6.45, 7) is 4.26. The summed E-state index contributed by atoms with van der Waals surface area (Å²) >= 11 is 0. The molecule has 0 amide bonds. The summed E-state index contributed by atoms with van der Waals surface area (Å²) in [5.41, 5.74) is 1.48. The SMILES string of the molecule is CCCCCNC(=NC)NCC1CC1c1ccccc1.I. The van der Waals surface area contributed by atoms with Gasteiger partial charge in [-0.05, 0) is 30.2 Å². The first-order valence-corrected chi connectivity index (χ1v) is 7.84. The monoisotopic (exact) mass is 401 g/mol. The Bertz CT molecular complexity index is 419. The van der Waals surface area contributed by atoms with E-state index < -0.39 is 0 Å². The van der Waals surface area contributed by atoms with Gasteiger partial charge >= 0.3 is 0 Å². The van der Waals surface area contributed by atoms with Crippen molar-refractivity contribution in [2.75, 3.05) is 20.1 Å². The number of benzene rings is 1. The van der Waals surface area contributed by atoms with Gasteiger partial charge in [-0.2, -0.15) is 0 Å². The molecule has 0 heterocycles. The van der Waals surface area contributed by atoms with Crippen LogP contribution >= 0.6 is 24.0 Å². The van der Waals surface area contributed by atoms with Gasteiger partial charge in [0.15, 0.2) is 5.96 Å². The first kappa shape index (κ1) is 18.3. The maximum atomic E-state index is 4.28. The van der Waals surface area contributed by atoms with Crippen LogP contribution in [0.3, 0.4) is 0 Å². The van der Waals surface area contributed by atoms with E-state index in [1.165, 1.54) is 31.2 Å². The fraction of sp³-hybridized carbons (Fsp3) is 0.588. The second-order valence-corrected chi connectivity index (χ2v) is 5.60. The Morgan fingerprint density at radius 2 is 1.95 bits per heavy atom. The zero-order valence-electron chi connectivity index (χ0n) is 13.1. The lowest BCUT2D eigenvalue weighted by molar-refractivity contribution is 0.671. The van der Waals surface area contributed by atoms with Gasteiger partial charge in [0, 0.05) is 20.1 Å². The number of nitrogens with one attached hydrogen (secondary N) is 2. The highest BCUT2D eigenvalue weighted by molar-refractivity contribution is 14.0. The van der Waals surface area contributed by atoms with Crippen molar-refractivity contribution in [1.29, 1.82) is 0 Å². The van der Waals surface area contributed by atoms with Crippen molar-refractivity contribution < 1.29 is 0 Å². The number of rotatable bonds is 7. The highest BCUT2D eigenvalue weighted by atomic mass is 127. The number of guanidine groups is 1. The van der Waals surface area contributed by atoms with Gasteiger partial charge in [-0.3, -0.25) is 4.99 Å². The van der Waals surface area contributed by atoms with Gasteiger partial charge in [-0.25, -0.2) is 0 Å². The third-order valence-corrected chi connectivity index (χ3v) is 3.98. The zero-order chi connectivity index (χ0) is 14.2. The van der Waals surface area contributed by atoms with Crippen molar-refractivity contribution in [3.05, 3.63) is 35.9 Å². The first-order valence-electron chi connectivity index (χ1n) is 7.84. The topological polar surface area (TPSA) is 36.4 Å². The highest BCUT2D eigenvalue weighted by Crippen LogP contribution is 2.46. The summed E-state index contributed by atoms with van der Waals surface area (Å²) in [5.74, 6) is 2.44. The van der Waals surface area contributed by atoms with Crippen molar-refractivity contribution >= 4 is 29.9 Å². The third kappa shape index (κ3) is 6.24. The normalized spacial score (nSPS) is 20.6. The minimum absolute atomic E-state index is 0. The lowest BCUT2D eigenvalue weighted by Gasteiger charge is -2.11. The Morgan fingerprint density at radius 3 is 2.62 bits per heavy atom. The Labute approximate surface area is 146 Å². The van der Waals surface area contributed by atoms with Crippen molar-refractivity contribution in [2.45, 2.75) is 38.5 Å². The summed E-state index contributed by atoms with van der Waals surface area (Å²) < 4.78 is 0. The molecule has 0 radical (unpaired) electrons. The van der Waals surface area contributed by atoms with Crippen molar-refractivity contribution in [2.24, 2.45) is 10.9 Å². The fourth-order valence-corrected chi connectivity index (χ4v) is 2.61. The quantitative estimate of drug-likeness (QED) is 0.316. The van der Waals surface area contributed by atoms with Crippen LogP contribution in [0.1, 0.15) is 44.1 Å². The van der Waals surface area contributed by atoms with Crippen LogP contribution < -0.4 is 10.6 Å². The van der Waals surface area contributed by atoms with E-state index in [0.29, 0.717) is 0 Å². The maximum absolute atomic E-state index is 4.28. The maximum Gasteiger partial charge on any atom is 0.190 e. The molecule has 1 fully saturated rings. The molecule has 1 aromatic rings. The third-order valence-electron chi connectivity index (χ3n) is 3.98. The molecule has 0 saturated heterocycles. The average molecular weight is 401 g/mol. The van der Waals surface area contributed by atoms with Crippen LogP contribution in [-0.4, -0.2) is 26.1 Å². The smallest absolute Gasteiger partial charge is 0.190 e. The van der Waals surface area contributed by atoms with E-state index in [-0.39, 0.29) is 24.0 Å². The molecule has 2 N–H and O–H groups in total. The van der Waals surface area contributed by atoms with Gasteiger partial charge in [0.05, 0.1) is 0 Å². The van der Waals surface area contributed by atoms with Gasteiger partial charge in [-0.15, -0.1) is 24.0 Å². The van der Waals surface area contributed by atoms with Gasteiger partial charge in [0.25, 0.3) is 0 Å². The zero-order valence-corrected chi connectivity index (χ0v) is 15.5. The van der Waals surface area contributed by atoms with Crippen LogP contribution in [0.2, 0.25) is 0 Å². The molecule has 2 atom stereocenters. The van der Waals surface area contributed by atoms with Gasteiger partial charge in [0.2, 0.25) is 0 Å². The van der Waals surface area contributed by atoms with E-state index in [0.717, 1.165) is 30.9 Å². The lowest BCUT2D eigenvalue weighted by atomic mass is 10.1. The van der Waals surface area contributed by atoms with E-state index in [4.69, 9.17) is 0 Å². The van der Waals surface area contributed by atoms with Crippen LogP contribution in [0.5, 0.6) is 0 Å². The van der Waals surface area contributed by atoms with E-state index in [1.54, 1.807) is 0 Å². The molecule has 3 nitrogen and oxygen atoms in total. The molecule has 1 saturated carbocycles. The minimum atomic E-state index is 0. The highest BCUT2D eigenvalue weighted by Gasteiger charge is 2.37. The number of unbranched alkanes of at least 4 members (excludes halogenated alkanes) is 2. The molecule has 21 heavy (non-hydrogen) atoms. The Hall–Kier alpha value is -0.780. The number of hydrogen-bond donors (Lipinski definition) is 2. The Kier molecular flexibility index (Phi) is 8.73. The van der Waals surface area contributed by atoms with Gasteiger partial charge in [-0.1, -0.05) is 50.1 Å². The summed E-state index contributed by atoms with van der Waals surface area (Å²) in [6.07, 6.45) is 5.05. The summed E-state index contributed by atoms with van der Waals surface area (Å²) in [5, 5.41) is 6.83. The number of nitrogens with zero attached hydrogens (tertiary/aromatic N) is 1. The van der Waals surface area contributed by atoms with E-state index >= 15 is 0 Å². The van der Waals surface area contributed by atoms with Crippen LogP contribution in [0.4, 0.5) is 0 Å². The Morgan fingerprint density at radius 1 is 1.19 bits per heavy atom. The predicted octanol–water partition coefficient (Wildman–Crippen LogP) is 3.76. The largest absolute Gasteiger partial charge is 0.356 e. The number of hydrogen-bond acceptors (Lipinski definition) is 1. The lowest BCUT2D eigenvalue weighted by Crippen LogP contribution is -2.38. The first-order chi connectivity index (χ1) is 9.85. The van der Waals surface area contributed by atoms with Crippen LogP contribution in [0.25, 0.3) is 0 Å². The van der Waals surface area contributed by atoms with Crippen LogP contribution in [0, 0.1) is 5.92 Å². The van der Waals surface area contributed by atoms with Crippen LogP contribution in [-0.2, 0) is 0 Å². The number of halogens is 1. The standard InChI is InChI=1S/C17H27N3.HI/c1-3-4-8-11-19-17(18-2)20-13-15-12-16(15)14-9-6-5-7-10-14;/h5-7,9-10,15-16H,3-4,8,11-13H2,1-2H3,(H2,18,19,20);1H. The molecule has 0 aliphatic heterocycles. The molecule has 2 unspecified atom stereocenters. The molecule has 118 valence electrons. The van der Waals surface area contributed by atoms with Gasteiger partial charge < -0.3 is 10.6 Å². The van der Waals surface area contributed by atoms with E-state index in [1.807, 2.05) is 7.05 Å². The molecule has 0 bridgehead atoms. The molecule has 1 aromatic carbocycles. The average Bonchev–Trinajstić information content (AvgIpc) is 3.27. The second-order valence-electron chi connectivity index (χ2n) is 5.60. The fourth-order valence-electron chi connectivity index (χ4n) is 2.61. The minimum Gasteiger partial charge on any atom is -0.356 e. The molecular formula is C17H28IN3. The van der Waals surface area contributed by atoms with Crippen molar-refractivity contribution in [1.82, 2.24) is 10.6 Å². The molecular weight excluding hydrogens is 373 g/mol. The second kappa shape index (κ2) is 10.0. The van der Waals surface area contributed by atoms with Crippen molar-refractivity contribution in [3.8, 4) is 0 Å². The molecule has 0 spiro atoms. The summed E-state index contributed by atoms with van der Waals surface area (Å²) in [7, 11) is 1.84. The van der Waals surface area contributed by atoms with E-state index in [9.17, 15) is 0 Å². The molecule has 2 rings (SSSR count). The summed E-state index contributed by atoms with van der Waals surface area (Å²) in [6, 6.07) is 10.8. The molecule has 4 heteroatoms. The van der Waals surface area contributed by atoms with Crippen molar-refractivity contribution in [3.63, 3.8) is 0 Å². The molecule has 1 aliphatic rings. The van der Waals surface area contributed by atoms with Crippen LogP contribution in [0.15, 0.2) is 35.3 Å².